The van der Waals surface area contributed by atoms with Gasteiger partial charge in [0.1, 0.15) is 0 Å². The maximum Gasteiger partial charge on any atom is 0.0542 e. The van der Waals surface area contributed by atoms with Crippen molar-refractivity contribution in [2.75, 3.05) is 0 Å². The van der Waals surface area contributed by atoms with Gasteiger partial charge >= 0.3 is 0 Å². The van der Waals surface area contributed by atoms with E-state index < -0.39 is 0 Å². The van der Waals surface area contributed by atoms with Crippen molar-refractivity contribution in [2.24, 2.45) is 5.92 Å². The number of hydrogen-bond donors (Lipinski definition) is 2. The predicted molar refractivity (Wildman–Crippen MR) is 55.6 cm³/mol. The van der Waals surface area contributed by atoms with E-state index in [2.05, 4.69) is 13.8 Å². The van der Waals surface area contributed by atoms with Gasteiger partial charge in [0.25, 0.3) is 0 Å². The zero-order chi connectivity index (χ0) is 10.3. The second-order valence-corrected chi connectivity index (χ2v) is 4.28. The van der Waals surface area contributed by atoms with E-state index in [0.29, 0.717) is 5.92 Å². The molecule has 0 aliphatic carbocycles. The van der Waals surface area contributed by atoms with Gasteiger partial charge in [0.2, 0.25) is 0 Å². The van der Waals surface area contributed by atoms with Gasteiger partial charge in [-0.05, 0) is 38.0 Å². The van der Waals surface area contributed by atoms with Gasteiger partial charge in [-0.2, -0.15) is 0 Å². The molecule has 2 heteroatoms. The number of aliphatic hydroxyl groups is 2. The molecule has 2 unspecified atom stereocenters. The molecule has 0 aromatic heterocycles. The molecule has 0 radical (unpaired) electrons. The third-order valence-electron chi connectivity index (χ3n) is 2.29. The number of rotatable bonds is 7. The first-order valence-electron chi connectivity index (χ1n) is 5.42. The summed E-state index contributed by atoms with van der Waals surface area (Å²) in [6.07, 6.45) is 3.93. The van der Waals surface area contributed by atoms with Crippen LogP contribution in [0.15, 0.2) is 0 Å². The maximum absolute atomic E-state index is 9.52. The van der Waals surface area contributed by atoms with E-state index in [1.54, 1.807) is 0 Å². The lowest BCUT2D eigenvalue weighted by molar-refractivity contribution is 0.118. The molecule has 0 heterocycles. The van der Waals surface area contributed by atoms with Crippen LogP contribution in [-0.4, -0.2) is 22.4 Å². The van der Waals surface area contributed by atoms with Crippen LogP contribution in [0.2, 0.25) is 0 Å². The Morgan fingerprint density at radius 3 is 2.00 bits per heavy atom. The van der Waals surface area contributed by atoms with E-state index in [-0.39, 0.29) is 12.2 Å². The molecule has 2 nitrogen and oxygen atoms in total. The van der Waals surface area contributed by atoms with Gasteiger partial charge in [0.05, 0.1) is 12.2 Å². The molecule has 0 amide bonds. The highest BCUT2D eigenvalue weighted by molar-refractivity contribution is 4.60. The SMILES string of the molecule is CCC(O)CCCC(O)CC(C)C. The van der Waals surface area contributed by atoms with E-state index in [9.17, 15) is 10.2 Å². The smallest absolute Gasteiger partial charge is 0.0542 e. The van der Waals surface area contributed by atoms with Crippen molar-refractivity contribution in [1.82, 2.24) is 0 Å². The van der Waals surface area contributed by atoms with Gasteiger partial charge in [-0.1, -0.05) is 20.8 Å². The Balaban J connectivity index is 3.31. The fourth-order valence-electron chi connectivity index (χ4n) is 1.46. The third kappa shape index (κ3) is 8.26. The van der Waals surface area contributed by atoms with Crippen LogP contribution in [0.3, 0.4) is 0 Å². The number of hydrogen-bond acceptors (Lipinski definition) is 2. The molecule has 0 bridgehead atoms. The van der Waals surface area contributed by atoms with Gasteiger partial charge in [-0.25, -0.2) is 0 Å². The average molecular weight is 188 g/mol. The van der Waals surface area contributed by atoms with Gasteiger partial charge in [-0.15, -0.1) is 0 Å². The molecule has 0 rings (SSSR count). The Labute approximate surface area is 82.0 Å². The Morgan fingerprint density at radius 1 is 1.00 bits per heavy atom. The van der Waals surface area contributed by atoms with Crippen molar-refractivity contribution in [3.8, 4) is 0 Å². The molecular formula is C11H24O2. The molecule has 2 N–H and O–H groups in total. The maximum atomic E-state index is 9.52. The second-order valence-electron chi connectivity index (χ2n) is 4.28. The van der Waals surface area contributed by atoms with Gasteiger partial charge in [-0.3, -0.25) is 0 Å². The van der Waals surface area contributed by atoms with Gasteiger partial charge in [0.15, 0.2) is 0 Å². The largest absolute Gasteiger partial charge is 0.393 e. The highest BCUT2D eigenvalue weighted by Crippen LogP contribution is 2.12. The summed E-state index contributed by atoms with van der Waals surface area (Å²) in [4.78, 5) is 0. The standard InChI is InChI=1S/C11H24O2/c1-4-10(12)6-5-7-11(13)8-9(2)3/h9-13H,4-8H2,1-3H3. The number of aliphatic hydroxyl groups excluding tert-OH is 2. The summed E-state index contributed by atoms with van der Waals surface area (Å²) in [6.45, 7) is 6.21. The third-order valence-corrected chi connectivity index (χ3v) is 2.29. The first kappa shape index (κ1) is 12.9. The Morgan fingerprint density at radius 2 is 1.54 bits per heavy atom. The highest BCUT2D eigenvalue weighted by Gasteiger charge is 2.07. The molecule has 80 valence electrons. The molecule has 0 fully saturated rings. The summed E-state index contributed by atoms with van der Waals surface area (Å²) in [5, 5.41) is 18.8. The summed E-state index contributed by atoms with van der Waals surface area (Å²) < 4.78 is 0. The normalized spacial score (nSPS) is 16.2. The molecule has 0 aromatic rings. The monoisotopic (exact) mass is 188 g/mol. The van der Waals surface area contributed by atoms with Crippen molar-refractivity contribution in [3.05, 3.63) is 0 Å². The van der Waals surface area contributed by atoms with Crippen molar-refractivity contribution in [2.45, 2.75) is 65.1 Å². The molecule has 0 aliphatic rings. The van der Waals surface area contributed by atoms with Crippen molar-refractivity contribution in [3.63, 3.8) is 0 Å². The summed E-state index contributed by atoms with van der Waals surface area (Å²) in [6, 6.07) is 0. The van der Waals surface area contributed by atoms with Crippen LogP contribution in [0, 0.1) is 5.92 Å². The quantitative estimate of drug-likeness (QED) is 0.644. The molecule has 13 heavy (non-hydrogen) atoms. The van der Waals surface area contributed by atoms with Crippen LogP contribution in [0.1, 0.15) is 52.9 Å². The van der Waals surface area contributed by atoms with Crippen LogP contribution in [0.25, 0.3) is 0 Å². The van der Waals surface area contributed by atoms with Gasteiger partial charge < -0.3 is 10.2 Å². The van der Waals surface area contributed by atoms with Crippen LogP contribution in [0.4, 0.5) is 0 Å². The van der Waals surface area contributed by atoms with E-state index >= 15 is 0 Å². The van der Waals surface area contributed by atoms with Crippen LogP contribution in [-0.2, 0) is 0 Å². The van der Waals surface area contributed by atoms with Crippen molar-refractivity contribution in [1.29, 1.82) is 0 Å². The molecule has 0 aliphatic heterocycles. The van der Waals surface area contributed by atoms with Gasteiger partial charge in [0, 0.05) is 0 Å². The summed E-state index contributed by atoms with van der Waals surface area (Å²) in [7, 11) is 0. The molecule has 2 atom stereocenters. The Bertz CT molecular complexity index is 113. The van der Waals surface area contributed by atoms with E-state index in [4.69, 9.17) is 0 Å². The minimum absolute atomic E-state index is 0.175. The molecule has 0 saturated heterocycles. The average Bonchev–Trinajstić information content (AvgIpc) is 2.02. The molecule has 0 aromatic carbocycles. The lowest BCUT2D eigenvalue weighted by Crippen LogP contribution is -2.11. The lowest BCUT2D eigenvalue weighted by atomic mass is 10.0. The lowest BCUT2D eigenvalue weighted by Gasteiger charge is -2.13. The first-order valence-corrected chi connectivity index (χ1v) is 5.42. The first-order chi connectivity index (χ1) is 6.06. The predicted octanol–water partition coefficient (Wildman–Crippen LogP) is 2.33. The Kier molecular flexibility index (Phi) is 7.29. The Hall–Kier alpha value is -0.0800. The summed E-state index contributed by atoms with van der Waals surface area (Å²) in [5.74, 6) is 0.561. The highest BCUT2D eigenvalue weighted by atomic mass is 16.3. The van der Waals surface area contributed by atoms with E-state index in [0.717, 1.165) is 32.1 Å². The van der Waals surface area contributed by atoms with Crippen LogP contribution < -0.4 is 0 Å². The van der Waals surface area contributed by atoms with Crippen molar-refractivity contribution < 1.29 is 10.2 Å². The minimum Gasteiger partial charge on any atom is -0.393 e. The fraction of sp³-hybridized carbons (Fsp3) is 1.00. The zero-order valence-electron chi connectivity index (χ0n) is 9.16. The molecular weight excluding hydrogens is 164 g/mol. The summed E-state index contributed by atoms with van der Waals surface area (Å²) in [5.41, 5.74) is 0. The molecule has 0 spiro atoms. The summed E-state index contributed by atoms with van der Waals surface area (Å²) >= 11 is 0. The van der Waals surface area contributed by atoms with E-state index in [1.807, 2.05) is 6.92 Å². The topological polar surface area (TPSA) is 40.5 Å². The fourth-order valence-corrected chi connectivity index (χ4v) is 1.46. The van der Waals surface area contributed by atoms with Crippen LogP contribution in [0.5, 0.6) is 0 Å². The zero-order valence-corrected chi connectivity index (χ0v) is 9.16. The van der Waals surface area contributed by atoms with Crippen LogP contribution >= 0.6 is 0 Å². The molecule has 0 saturated carbocycles. The minimum atomic E-state index is -0.177. The van der Waals surface area contributed by atoms with E-state index in [1.165, 1.54) is 0 Å². The second kappa shape index (κ2) is 7.34. The van der Waals surface area contributed by atoms with Crippen molar-refractivity contribution >= 4 is 0 Å².